The summed E-state index contributed by atoms with van der Waals surface area (Å²) in [6.07, 6.45) is 3.34. The van der Waals surface area contributed by atoms with Crippen molar-refractivity contribution in [2.45, 2.75) is 25.8 Å². The number of hydrogen-bond donors (Lipinski definition) is 0. The van der Waals surface area contributed by atoms with E-state index in [-0.39, 0.29) is 5.38 Å². The average Bonchev–Trinajstić information content (AvgIpc) is 3.03. The van der Waals surface area contributed by atoms with Gasteiger partial charge in [0.15, 0.2) is 11.2 Å². The van der Waals surface area contributed by atoms with Crippen LogP contribution in [0.1, 0.15) is 28.0 Å². The Balaban J connectivity index is 2.16. The van der Waals surface area contributed by atoms with Crippen LogP contribution in [-0.2, 0) is 6.54 Å². The van der Waals surface area contributed by atoms with Crippen molar-refractivity contribution in [2.24, 2.45) is 0 Å². The van der Waals surface area contributed by atoms with Crippen LogP contribution in [0.2, 0.25) is 0 Å². The van der Waals surface area contributed by atoms with Crippen LogP contribution in [0.25, 0.3) is 11.2 Å². The van der Waals surface area contributed by atoms with E-state index in [1.807, 2.05) is 24.6 Å². The predicted molar refractivity (Wildman–Crippen MR) is 82.1 cm³/mol. The fourth-order valence-corrected chi connectivity index (χ4v) is 3.13. The summed E-state index contributed by atoms with van der Waals surface area (Å²) in [5.74, 6) is 1.20. The third-order valence-corrected chi connectivity index (χ3v) is 4.15. The number of ether oxygens (including phenoxy) is 1. The Labute approximate surface area is 130 Å². The zero-order valence-electron chi connectivity index (χ0n) is 11.9. The van der Waals surface area contributed by atoms with Crippen LogP contribution in [-0.4, -0.2) is 31.6 Å². The van der Waals surface area contributed by atoms with E-state index in [1.54, 1.807) is 18.4 Å². The lowest BCUT2D eigenvalue weighted by Gasteiger charge is -2.08. The summed E-state index contributed by atoms with van der Waals surface area (Å²) in [7, 11) is 1.57. The lowest BCUT2D eigenvalue weighted by molar-refractivity contribution is 0.401. The molecule has 3 heterocycles. The monoisotopic (exact) mass is 323 g/mol. The topological polar surface area (TPSA) is 65.7 Å². The van der Waals surface area contributed by atoms with Gasteiger partial charge in [-0.15, -0.1) is 22.9 Å². The molecule has 0 amide bonds. The molecule has 8 heteroatoms. The molecule has 21 heavy (non-hydrogen) atoms. The summed E-state index contributed by atoms with van der Waals surface area (Å²) in [6, 6.07) is 0. The number of aromatic nitrogens is 5. The van der Waals surface area contributed by atoms with Crippen LogP contribution in [0.15, 0.2) is 12.5 Å². The molecule has 0 N–H and O–H groups in total. The van der Waals surface area contributed by atoms with Crippen molar-refractivity contribution >= 4 is 34.1 Å². The van der Waals surface area contributed by atoms with Crippen molar-refractivity contribution in [1.29, 1.82) is 0 Å². The molecule has 0 radical (unpaired) electrons. The molecule has 1 unspecified atom stereocenters. The molecule has 0 fully saturated rings. The van der Waals surface area contributed by atoms with Crippen LogP contribution >= 0.6 is 22.9 Å². The molecule has 110 valence electrons. The Hall–Kier alpha value is -1.73. The van der Waals surface area contributed by atoms with Gasteiger partial charge >= 0.3 is 0 Å². The molecule has 3 aromatic rings. The Morgan fingerprint density at radius 3 is 2.81 bits per heavy atom. The first-order valence-electron chi connectivity index (χ1n) is 6.40. The molecular formula is C13H14ClN5OS. The number of aryl methyl sites for hydroxylation is 1. The number of imidazole rings is 1. The van der Waals surface area contributed by atoms with E-state index in [4.69, 9.17) is 16.3 Å². The molecular weight excluding hydrogens is 310 g/mol. The first-order chi connectivity index (χ1) is 10.1. The van der Waals surface area contributed by atoms with Gasteiger partial charge in [-0.2, -0.15) is 4.98 Å². The minimum atomic E-state index is -0.238. The van der Waals surface area contributed by atoms with Gasteiger partial charge in [0, 0.05) is 11.1 Å². The standard InChI is InChI=1S/C13H14ClN5OS/c1-7(14)11-18-10-12(16-6-17-13(10)20-3)19(11)5-9-4-15-8(2)21-9/h4,6-7H,5H2,1-3H3. The summed E-state index contributed by atoms with van der Waals surface area (Å²) in [6.45, 7) is 4.50. The second-order valence-electron chi connectivity index (χ2n) is 4.57. The molecule has 0 saturated carbocycles. The zero-order chi connectivity index (χ0) is 15.0. The number of fused-ring (bicyclic) bond motifs is 1. The molecule has 6 nitrogen and oxygen atoms in total. The Morgan fingerprint density at radius 2 is 2.19 bits per heavy atom. The van der Waals surface area contributed by atoms with Crippen LogP contribution in [0, 0.1) is 6.92 Å². The van der Waals surface area contributed by atoms with E-state index in [0.717, 1.165) is 21.4 Å². The molecule has 0 aliphatic carbocycles. The van der Waals surface area contributed by atoms with Crippen molar-refractivity contribution < 1.29 is 4.74 Å². The van der Waals surface area contributed by atoms with Gasteiger partial charge in [0.05, 0.1) is 24.0 Å². The van der Waals surface area contributed by atoms with Crippen molar-refractivity contribution in [2.75, 3.05) is 7.11 Å². The molecule has 3 aromatic heterocycles. The Bertz CT molecular complexity index is 782. The van der Waals surface area contributed by atoms with Crippen LogP contribution < -0.4 is 4.74 Å². The molecule has 3 rings (SSSR count). The van der Waals surface area contributed by atoms with Crippen LogP contribution in [0.3, 0.4) is 0 Å². The van der Waals surface area contributed by atoms with Gasteiger partial charge < -0.3 is 9.30 Å². The van der Waals surface area contributed by atoms with Gasteiger partial charge in [-0.3, -0.25) is 0 Å². The number of halogens is 1. The highest BCUT2D eigenvalue weighted by Gasteiger charge is 2.20. The summed E-state index contributed by atoms with van der Waals surface area (Å²) in [5, 5.41) is 0.792. The van der Waals surface area contributed by atoms with E-state index in [2.05, 4.69) is 19.9 Å². The summed E-state index contributed by atoms with van der Waals surface area (Å²) in [5.41, 5.74) is 1.35. The number of nitrogens with zero attached hydrogens (tertiary/aromatic N) is 5. The maximum absolute atomic E-state index is 6.26. The molecule has 1 atom stereocenters. The number of methoxy groups -OCH3 is 1. The Kier molecular flexibility index (Phi) is 3.77. The second-order valence-corrected chi connectivity index (χ2v) is 6.55. The van der Waals surface area contributed by atoms with Gasteiger partial charge in [0.25, 0.3) is 0 Å². The minimum absolute atomic E-state index is 0.238. The lowest BCUT2D eigenvalue weighted by Crippen LogP contribution is -2.05. The van der Waals surface area contributed by atoms with Crippen molar-refractivity contribution in [3.05, 3.63) is 28.2 Å². The molecule has 0 spiro atoms. The SMILES string of the molecule is COc1ncnc2c1nc(C(C)Cl)n2Cc1cnc(C)s1. The maximum atomic E-state index is 6.26. The van der Waals surface area contributed by atoms with Gasteiger partial charge in [0.2, 0.25) is 5.88 Å². The van der Waals surface area contributed by atoms with E-state index >= 15 is 0 Å². The zero-order valence-corrected chi connectivity index (χ0v) is 13.4. The summed E-state index contributed by atoms with van der Waals surface area (Å²) in [4.78, 5) is 18.4. The van der Waals surface area contributed by atoms with E-state index in [1.165, 1.54) is 6.33 Å². The van der Waals surface area contributed by atoms with E-state index < -0.39 is 0 Å². The minimum Gasteiger partial charge on any atom is -0.479 e. The normalized spacial score (nSPS) is 12.8. The van der Waals surface area contributed by atoms with Crippen LogP contribution in [0.4, 0.5) is 0 Å². The first-order valence-corrected chi connectivity index (χ1v) is 7.66. The van der Waals surface area contributed by atoms with Crippen molar-refractivity contribution in [1.82, 2.24) is 24.5 Å². The fourth-order valence-electron chi connectivity index (χ4n) is 2.18. The van der Waals surface area contributed by atoms with Crippen molar-refractivity contribution in [3.63, 3.8) is 0 Å². The highest BCUT2D eigenvalue weighted by molar-refractivity contribution is 7.11. The van der Waals surface area contributed by atoms with E-state index in [0.29, 0.717) is 17.9 Å². The van der Waals surface area contributed by atoms with Gasteiger partial charge in [0.1, 0.15) is 12.2 Å². The van der Waals surface area contributed by atoms with Gasteiger partial charge in [-0.05, 0) is 13.8 Å². The molecule has 0 aliphatic rings. The van der Waals surface area contributed by atoms with Crippen molar-refractivity contribution in [3.8, 4) is 5.88 Å². The molecule has 0 bridgehead atoms. The highest BCUT2D eigenvalue weighted by atomic mass is 35.5. The van der Waals surface area contributed by atoms with E-state index in [9.17, 15) is 0 Å². The average molecular weight is 324 g/mol. The van der Waals surface area contributed by atoms with Gasteiger partial charge in [-0.1, -0.05) is 0 Å². The molecule has 0 saturated heterocycles. The van der Waals surface area contributed by atoms with Crippen LogP contribution in [0.5, 0.6) is 5.88 Å². The highest BCUT2D eigenvalue weighted by Crippen LogP contribution is 2.28. The largest absolute Gasteiger partial charge is 0.479 e. The predicted octanol–water partition coefficient (Wildman–Crippen LogP) is 2.95. The summed E-state index contributed by atoms with van der Waals surface area (Å²) >= 11 is 7.91. The lowest BCUT2D eigenvalue weighted by atomic mass is 10.4. The molecule has 0 aromatic carbocycles. The molecule has 0 aliphatic heterocycles. The third-order valence-electron chi connectivity index (χ3n) is 3.06. The number of rotatable bonds is 4. The third kappa shape index (κ3) is 2.58. The summed E-state index contributed by atoms with van der Waals surface area (Å²) < 4.78 is 7.24. The number of hydrogen-bond acceptors (Lipinski definition) is 6. The second kappa shape index (κ2) is 5.57. The first kappa shape index (κ1) is 14.2. The quantitative estimate of drug-likeness (QED) is 0.691. The number of alkyl halides is 1. The number of thiazole rings is 1. The Morgan fingerprint density at radius 1 is 1.38 bits per heavy atom. The maximum Gasteiger partial charge on any atom is 0.245 e. The smallest absolute Gasteiger partial charge is 0.245 e. The van der Waals surface area contributed by atoms with Gasteiger partial charge in [-0.25, -0.2) is 15.0 Å². The fraction of sp³-hybridized carbons (Fsp3) is 0.385.